The summed E-state index contributed by atoms with van der Waals surface area (Å²) in [4.78, 5) is 35.7. The van der Waals surface area contributed by atoms with Gasteiger partial charge in [-0.15, -0.1) is 0 Å². The first-order chi connectivity index (χ1) is 13.9. The van der Waals surface area contributed by atoms with Crippen LogP contribution in [0.4, 0.5) is 5.69 Å². The van der Waals surface area contributed by atoms with E-state index in [9.17, 15) is 14.4 Å². The maximum absolute atomic E-state index is 12.1. The number of nitrogens with one attached hydrogen (secondary N) is 1. The number of hydrogen-bond donors (Lipinski definition) is 1. The summed E-state index contributed by atoms with van der Waals surface area (Å²) < 4.78 is 10.8. The lowest BCUT2D eigenvalue weighted by Gasteiger charge is -2.07. The summed E-state index contributed by atoms with van der Waals surface area (Å²) in [6.45, 7) is 3.19. The molecule has 3 rings (SSSR count). The number of furan rings is 1. The van der Waals surface area contributed by atoms with Gasteiger partial charge in [-0.1, -0.05) is 18.2 Å². The van der Waals surface area contributed by atoms with Crippen molar-refractivity contribution in [2.24, 2.45) is 0 Å². The first-order valence-electron chi connectivity index (χ1n) is 9.20. The number of carbonyl (C=O) groups excluding carboxylic acids is 3. The minimum atomic E-state index is -0.413. The third-order valence-electron chi connectivity index (χ3n) is 4.30. The van der Waals surface area contributed by atoms with Crippen molar-refractivity contribution in [1.29, 1.82) is 0 Å². The van der Waals surface area contributed by atoms with Gasteiger partial charge in [-0.3, -0.25) is 14.4 Å². The van der Waals surface area contributed by atoms with Crippen LogP contribution < -0.4 is 10.1 Å². The topological polar surface area (TPSA) is 85.6 Å². The zero-order valence-corrected chi connectivity index (χ0v) is 16.2. The number of rotatable bonds is 7. The summed E-state index contributed by atoms with van der Waals surface area (Å²) in [7, 11) is 0. The van der Waals surface area contributed by atoms with E-state index in [4.69, 9.17) is 9.15 Å². The Labute approximate surface area is 168 Å². The number of ketones is 1. The molecule has 3 aromatic rings. The monoisotopic (exact) mass is 391 g/mol. The molecule has 1 aromatic heterocycles. The molecule has 2 aromatic carbocycles. The van der Waals surface area contributed by atoms with Crippen LogP contribution in [-0.4, -0.2) is 17.7 Å². The van der Waals surface area contributed by atoms with E-state index in [0.717, 1.165) is 0 Å². The number of amides is 1. The molecule has 29 heavy (non-hydrogen) atoms. The molecule has 0 aliphatic rings. The van der Waals surface area contributed by atoms with Crippen LogP contribution in [-0.2, 0) is 11.2 Å². The second kappa shape index (κ2) is 9.01. The number of carbonyl (C=O) groups is 3. The van der Waals surface area contributed by atoms with Gasteiger partial charge in [0.25, 0.3) is 5.91 Å². The van der Waals surface area contributed by atoms with Gasteiger partial charge in [0.15, 0.2) is 5.78 Å². The molecule has 0 unspecified atom stereocenters. The van der Waals surface area contributed by atoms with E-state index in [-0.39, 0.29) is 18.1 Å². The van der Waals surface area contributed by atoms with Crippen LogP contribution >= 0.6 is 0 Å². The van der Waals surface area contributed by atoms with Crippen molar-refractivity contribution in [2.45, 2.75) is 26.7 Å². The molecule has 1 heterocycles. The summed E-state index contributed by atoms with van der Waals surface area (Å²) in [5.74, 6) is 0.809. The first kappa shape index (κ1) is 20.1. The summed E-state index contributed by atoms with van der Waals surface area (Å²) in [5, 5.41) is 2.78. The second-order valence-electron chi connectivity index (χ2n) is 6.56. The summed E-state index contributed by atoms with van der Waals surface area (Å²) in [6, 6.07) is 17.1. The van der Waals surface area contributed by atoms with Crippen LogP contribution in [0.3, 0.4) is 0 Å². The van der Waals surface area contributed by atoms with Crippen molar-refractivity contribution in [1.82, 2.24) is 0 Å². The Kier molecular flexibility index (Phi) is 6.24. The molecule has 148 valence electrons. The highest BCUT2D eigenvalue weighted by Crippen LogP contribution is 2.19. The molecule has 0 aliphatic heterocycles. The van der Waals surface area contributed by atoms with Gasteiger partial charge in [0, 0.05) is 17.7 Å². The number of aryl methyl sites for hydroxylation is 2. The van der Waals surface area contributed by atoms with Crippen molar-refractivity contribution < 1.29 is 23.5 Å². The fourth-order valence-electron chi connectivity index (χ4n) is 2.82. The molecule has 0 bridgehead atoms. The van der Waals surface area contributed by atoms with E-state index >= 15 is 0 Å². The average Bonchev–Trinajstić information content (AvgIpc) is 3.09. The molecule has 6 nitrogen and oxygen atoms in total. The Morgan fingerprint density at radius 1 is 1.00 bits per heavy atom. The molecule has 0 atom stereocenters. The number of anilines is 1. The number of esters is 1. The lowest BCUT2D eigenvalue weighted by atomic mass is 10.1. The molecule has 0 fully saturated rings. The number of Topliss-reactive ketones (excluding diaryl/α,β-unsaturated/α-hetero) is 1. The van der Waals surface area contributed by atoms with Crippen LogP contribution in [0, 0.1) is 6.92 Å². The Hall–Kier alpha value is -3.67. The first-order valence-corrected chi connectivity index (χ1v) is 9.20. The average molecular weight is 391 g/mol. The zero-order valence-electron chi connectivity index (χ0n) is 16.2. The van der Waals surface area contributed by atoms with Crippen LogP contribution in [0.15, 0.2) is 65.1 Å². The van der Waals surface area contributed by atoms with Gasteiger partial charge in [0.2, 0.25) is 0 Å². The van der Waals surface area contributed by atoms with Crippen molar-refractivity contribution in [2.75, 3.05) is 5.32 Å². The van der Waals surface area contributed by atoms with Gasteiger partial charge >= 0.3 is 5.97 Å². The zero-order chi connectivity index (χ0) is 20.8. The highest BCUT2D eigenvalue weighted by molar-refractivity contribution is 6.04. The molecule has 0 radical (unpaired) electrons. The molecule has 0 spiro atoms. The van der Waals surface area contributed by atoms with Gasteiger partial charge in [-0.2, -0.15) is 0 Å². The predicted octanol–water partition coefficient (Wildman–Crippen LogP) is 4.58. The molecule has 1 N–H and O–H groups in total. The van der Waals surface area contributed by atoms with Gasteiger partial charge < -0.3 is 14.5 Å². The number of benzene rings is 2. The van der Waals surface area contributed by atoms with Gasteiger partial charge in [0.1, 0.15) is 17.3 Å². The van der Waals surface area contributed by atoms with E-state index in [1.54, 1.807) is 61.5 Å². The smallest absolute Gasteiger partial charge is 0.311 e. The van der Waals surface area contributed by atoms with Gasteiger partial charge in [-0.05, 0) is 56.3 Å². The molecular formula is C23H21NO5. The third-order valence-corrected chi connectivity index (χ3v) is 4.30. The maximum atomic E-state index is 12.1. The fourth-order valence-corrected chi connectivity index (χ4v) is 2.82. The summed E-state index contributed by atoms with van der Waals surface area (Å²) in [5.41, 5.74) is 1.69. The van der Waals surface area contributed by atoms with Crippen LogP contribution in [0.1, 0.15) is 45.6 Å². The number of hydrogen-bond acceptors (Lipinski definition) is 5. The Bertz CT molecular complexity index is 1020. The highest BCUT2D eigenvalue weighted by Gasteiger charge is 2.13. The van der Waals surface area contributed by atoms with Crippen molar-refractivity contribution in [3.05, 3.63) is 83.3 Å². The van der Waals surface area contributed by atoms with Crippen molar-refractivity contribution in [3.8, 4) is 5.75 Å². The summed E-state index contributed by atoms with van der Waals surface area (Å²) >= 11 is 0. The normalized spacial score (nSPS) is 10.4. The van der Waals surface area contributed by atoms with E-state index in [1.807, 2.05) is 6.07 Å². The molecule has 0 saturated heterocycles. The fraction of sp³-hybridized carbons (Fsp3) is 0.174. The summed E-state index contributed by atoms with van der Waals surface area (Å²) in [6.07, 6.45) is 0.467. The number of ether oxygens (including phenoxy) is 1. The molecule has 6 heteroatoms. The van der Waals surface area contributed by atoms with E-state index in [1.165, 1.54) is 6.92 Å². The minimum Gasteiger partial charge on any atom is -0.466 e. The van der Waals surface area contributed by atoms with Crippen molar-refractivity contribution in [3.63, 3.8) is 0 Å². The molecule has 0 aliphatic carbocycles. The largest absolute Gasteiger partial charge is 0.466 e. The van der Waals surface area contributed by atoms with Crippen LogP contribution in [0.25, 0.3) is 0 Å². The van der Waals surface area contributed by atoms with E-state index in [2.05, 4.69) is 5.32 Å². The standard InChI is InChI=1S/C23H21NO5/c1-15(25)21-14-20(28-16(21)2)12-13-22(26)29-19-10-8-18(9-11-19)24-23(27)17-6-4-3-5-7-17/h3-11,14H,12-13H2,1-2H3,(H,24,27). The SMILES string of the molecule is CC(=O)c1cc(CCC(=O)Oc2ccc(NC(=O)c3ccccc3)cc2)oc1C. The minimum absolute atomic E-state index is 0.0699. The Balaban J connectivity index is 1.51. The second-order valence-corrected chi connectivity index (χ2v) is 6.56. The lowest BCUT2D eigenvalue weighted by molar-refractivity contribution is -0.134. The molecule has 1 amide bonds. The quantitative estimate of drug-likeness (QED) is 0.362. The van der Waals surface area contributed by atoms with Gasteiger partial charge in [0.05, 0.1) is 12.0 Å². The van der Waals surface area contributed by atoms with Gasteiger partial charge in [-0.25, -0.2) is 0 Å². The van der Waals surface area contributed by atoms with Crippen molar-refractivity contribution >= 4 is 23.3 Å². The van der Waals surface area contributed by atoms with Crippen LogP contribution in [0.5, 0.6) is 5.75 Å². The lowest BCUT2D eigenvalue weighted by Crippen LogP contribution is -2.12. The highest BCUT2D eigenvalue weighted by atomic mass is 16.5. The maximum Gasteiger partial charge on any atom is 0.311 e. The molecule has 0 saturated carbocycles. The molecular weight excluding hydrogens is 370 g/mol. The van der Waals surface area contributed by atoms with E-state index < -0.39 is 5.97 Å². The Morgan fingerprint density at radius 2 is 1.69 bits per heavy atom. The van der Waals surface area contributed by atoms with E-state index in [0.29, 0.717) is 40.5 Å². The predicted molar refractivity (Wildman–Crippen MR) is 108 cm³/mol. The third kappa shape index (κ3) is 5.42. The van der Waals surface area contributed by atoms with Crippen LogP contribution in [0.2, 0.25) is 0 Å². The Morgan fingerprint density at radius 3 is 2.31 bits per heavy atom.